The summed E-state index contributed by atoms with van der Waals surface area (Å²) in [7, 11) is -0.844. The van der Waals surface area contributed by atoms with E-state index in [0.29, 0.717) is 32.8 Å². The van der Waals surface area contributed by atoms with Crippen LogP contribution in [0.1, 0.15) is 16.4 Å². The molecule has 3 atom stereocenters. The average molecular weight is 667 g/mol. The quantitative estimate of drug-likeness (QED) is 0.269. The van der Waals surface area contributed by atoms with E-state index < -0.39 is 43.8 Å². The molecular weight excluding hydrogens is 641 g/mol. The molecule has 3 N–H and O–H groups in total. The minimum Gasteiger partial charge on any atom is -0.497 e. The number of fused-ring (bicyclic) bond motifs is 2. The average Bonchev–Trinajstić information content (AvgIpc) is 3.47. The standard InChI is InChI=1S/C30H26N4O8S3/c1-41-19-9-3-16(4-10-19)23-24-25(28(37)34(27(24)36)18-7-11-20(42-2)12-8-18)43-29-26(23)44-30(38)33(29)15-22(35)32-17-5-13-21(14-6-17)45(31,39)40/h3-14,23-25H,15H2,1-2H3,(H,32,35)(H2,31,39,40)/t23-,24?,25?/m1/s1. The van der Waals surface area contributed by atoms with Crippen molar-refractivity contribution in [2.24, 2.45) is 11.1 Å². The molecule has 2 aliphatic rings. The molecule has 0 radical (unpaired) electrons. The first kappa shape index (κ1) is 30.6. The van der Waals surface area contributed by atoms with Crippen molar-refractivity contribution in [3.63, 3.8) is 0 Å². The predicted molar refractivity (Wildman–Crippen MR) is 168 cm³/mol. The van der Waals surface area contributed by atoms with Gasteiger partial charge in [0.1, 0.15) is 23.3 Å². The maximum Gasteiger partial charge on any atom is 0.308 e. The van der Waals surface area contributed by atoms with Gasteiger partial charge in [0.05, 0.1) is 35.7 Å². The maximum absolute atomic E-state index is 14.0. The third-order valence-electron chi connectivity index (χ3n) is 7.62. The van der Waals surface area contributed by atoms with Crippen LogP contribution in [-0.2, 0) is 31.0 Å². The zero-order chi connectivity index (χ0) is 32.0. The number of nitrogens with one attached hydrogen (secondary N) is 1. The monoisotopic (exact) mass is 666 g/mol. The fourth-order valence-corrected chi connectivity index (χ4v) is 8.77. The van der Waals surface area contributed by atoms with Crippen LogP contribution >= 0.6 is 23.1 Å². The van der Waals surface area contributed by atoms with Gasteiger partial charge >= 0.3 is 4.87 Å². The second-order valence-corrected chi connectivity index (χ2v) is 14.0. The minimum atomic E-state index is -3.90. The lowest BCUT2D eigenvalue weighted by molar-refractivity contribution is -0.122. The van der Waals surface area contributed by atoms with Crippen LogP contribution in [-0.4, -0.2) is 50.2 Å². The molecule has 0 aliphatic carbocycles. The fourth-order valence-electron chi connectivity index (χ4n) is 5.48. The predicted octanol–water partition coefficient (Wildman–Crippen LogP) is 3.01. The van der Waals surface area contributed by atoms with Gasteiger partial charge in [0.25, 0.3) is 0 Å². The second-order valence-electron chi connectivity index (χ2n) is 10.3. The second kappa shape index (κ2) is 11.8. The van der Waals surface area contributed by atoms with Crippen LogP contribution in [0.5, 0.6) is 11.5 Å². The fraction of sp³-hybridized carbons (Fsp3) is 0.200. The van der Waals surface area contributed by atoms with Crippen LogP contribution < -0.4 is 29.7 Å². The Morgan fingerprint density at radius 2 is 1.49 bits per heavy atom. The van der Waals surface area contributed by atoms with Crippen molar-refractivity contribution in [1.82, 2.24) is 4.57 Å². The van der Waals surface area contributed by atoms with Crippen LogP contribution in [0.2, 0.25) is 0 Å². The van der Waals surface area contributed by atoms with Gasteiger partial charge in [-0.25, -0.2) is 18.5 Å². The Balaban J connectivity index is 1.36. The van der Waals surface area contributed by atoms with E-state index in [1.807, 2.05) is 0 Å². The highest BCUT2D eigenvalue weighted by Crippen LogP contribution is 2.54. The first-order valence-corrected chi connectivity index (χ1v) is 16.7. The molecule has 3 amide bonds. The Labute approximate surface area is 265 Å². The highest BCUT2D eigenvalue weighted by Gasteiger charge is 2.56. The summed E-state index contributed by atoms with van der Waals surface area (Å²) in [4.78, 5) is 55.6. The number of thioether (sulfide) groups is 1. The largest absolute Gasteiger partial charge is 0.497 e. The molecule has 2 unspecified atom stereocenters. The van der Waals surface area contributed by atoms with Crippen molar-refractivity contribution in [1.29, 1.82) is 0 Å². The normalized spacial score (nSPS) is 19.2. The maximum atomic E-state index is 14.0. The molecule has 45 heavy (non-hydrogen) atoms. The number of carbonyl (C=O) groups excluding carboxylic acids is 3. The first-order chi connectivity index (χ1) is 21.5. The molecule has 1 saturated heterocycles. The number of sulfonamides is 1. The Kier molecular flexibility index (Phi) is 8.03. The lowest BCUT2D eigenvalue weighted by atomic mass is 9.83. The van der Waals surface area contributed by atoms with Gasteiger partial charge in [0.15, 0.2) is 0 Å². The van der Waals surface area contributed by atoms with E-state index in [2.05, 4.69) is 5.32 Å². The van der Waals surface area contributed by atoms with E-state index in [0.717, 1.165) is 28.7 Å². The van der Waals surface area contributed by atoms with Gasteiger partial charge in [0, 0.05) is 16.5 Å². The van der Waals surface area contributed by atoms with Gasteiger partial charge in [-0.2, -0.15) is 0 Å². The van der Waals surface area contributed by atoms with Gasteiger partial charge in [-0.15, -0.1) is 0 Å². The number of hydrogen-bond acceptors (Lipinski definition) is 10. The molecule has 3 aromatic carbocycles. The number of benzene rings is 3. The Bertz CT molecular complexity index is 1970. The Morgan fingerprint density at radius 1 is 0.889 bits per heavy atom. The summed E-state index contributed by atoms with van der Waals surface area (Å²) in [6, 6.07) is 19.0. The third kappa shape index (κ3) is 5.63. The summed E-state index contributed by atoms with van der Waals surface area (Å²) >= 11 is 2.04. The van der Waals surface area contributed by atoms with Crippen molar-refractivity contribution in [3.05, 3.63) is 92.9 Å². The Morgan fingerprint density at radius 3 is 2.07 bits per heavy atom. The molecule has 4 aromatic rings. The molecule has 1 aromatic heterocycles. The van der Waals surface area contributed by atoms with Gasteiger partial charge in [-0.1, -0.05) is 35.2 Å². The van der Waals surface area contributed by atoms with E-state index in [-0.39, 0.29) is 17.3 Å². The first-order valence-electron chi connectivity index (χ1n) is 13.5. The van der Waals surface area contributed by atoms with Crippen molar-refractivity contribution in [2.75, 3.05) is 24.4 Å². The number of thiazole rings is 1. The number of imide groups is 1. The molecule has 1 fully saturated rings. The number of nitrogens with zero attached hydrogens (tertiary/aromatic N) is 2. The molecule has 15 heteroatoms. The molecule has 12 nitrogen and oxygen atoms in total. The molecular formula is C30H26N4O8S3. The van der Waals surface area contributed by atoms with Gasteiger partial charge < -0.3 is 14.8 Å². The summed E-state index contributed by atoms with van der Waals surface area (Å²) in [5.74, 6) is -1.61. The number of amides is 3. The molecule has 232 valence electrons. The number of hydrogen-bond donors (Lipinski definition) is 2. The molecule has 2 aliphatic heterocycles. The summed E-state index contributed by atoms with van der Waals surface area (Å²) in [5, 5.41) is 7.38. The number of anilines is 2. The number of nitrogens with two attached hydrogens (primary N) is 1. The van der Waals surface area contributed by atoms with E-state index in [1.54, 1.807) is 48.5 Å². The number of rotatable bonds is 8. The zero-order valence-corrected chi connectivity index (χ0v) is 26.3. The zero-order valence-electron chi connectivity index (χ0n) is 23.8. The summed E-state index contributed by atoms with van der Waals surface area (Å²) in [6.45, 7) is -0.369. The van der Waals surface area contributed by atoms with Crippen LogP contribution in [0, 0.1) is 5.92 Å². The van der Waals surface area contributed by atoms with Gasteiger partial charge in [0.2, 0.25) is 27.7 Å². The van der Waals surface area contributed by atoms with Crippen molar-refractivity contribution >= 4 is 62.2 Å². The number of methoxy groups -OCH3 is 2. The lowest BCUT2D eigenvalue weighted by Gasteiger charge is -2.30. The lowest BCUT2D eigenvalue weighted by Crippen LogP contribution is -2.33. The van der Waals surface area contributed by atoms with Crippen LogP contribution in [0.15, 0.2) is 87.5 Å². The topological polar surface area (TPSA) is 167 Å². The van der Waals surface area contributed by atoms with E-state index in [4.69, 9.17) is 14.6 Å². The van der Waals surface area contributed by atoms with Crippen molar-refractivity contribution < 1.29 is 32.3 Å². The highest BCUT2D eigenvalue weighted by atomic mass is 32.2. The van der Waals surface area contributed by atoms with Crippen LogP contribution in [0.25, 0.3) is 0 Å². The molecule has 0 spiro atoms. The molecule has 0 saturated carbocycles. The van der Waals surface area contributed by atoms with E-state index in [1.165, 1.54) is 48.0 Å². The molecule has 0 bridgehead atoms. The Hall–Kier alpha value is -4.44. The van der Waals surface area contributed by atoms with Crippen molar-refractivity contribution in [2.45, 2.75) is 27.6 Å². The van der Waals surface area contributed by atoms with Crippen molar-refractivity contribution in [3.8, 4) is 11.5 Å². The van der Waals surface area contributed by atoms with Gasteiger partial charge in [-0.3, -0.25) is 23.7 Å². The highest BCUT2D eigenvalue weighted by molar-refractivity contribution is 8.00. The summed E-state index contributed by atoms with van der Waals surface area (Å²) in [6.07, 6.45) is 0. The number of ether oxygens (including phenoxy) is 2. The molecule has 6 rings (SSSR count). The van der Waals surface area contributed by atoms with E-state index >= 15 is 0 Å². The number of carbonyl (C=O) groups is 3. The third-order valence-corrected chi connectivity index (χ3v) is 11.2. The van der Waals surface area contributed by atoms with Gasteiger partial charge in [-0.05, 0) is 66.2 Å². The van der Waals surface area contributed by atoms with Crippen LogP contribution in [0.4, 0.5) is 11.4 Å². The van der Waals surface area contributed by atoms with Crippen LogP contribution in [0.3, 0.4) is 0 Å². The smallest absolute Gasteiger partial charge is 0.308 e. The minimum absolute atomic E-state index is 0.112. The number of primary sulfonamides is 1. The number of aromatic nitrogens is 1. The van der Waals surface area contributed by atoms with E-state index in [9.17, 15) is 27.6 Å². The summed E-state index contributed by atoms with van der Waals surface area (Å²) < 4.78 is 34.9. The SMILES string of the molecule is COc1ccc([C@H]2c3sc(=O)n(CC(=O)Nc4ccc(S(N)(=O)=O)cc4)c3SC3C(=O)N(c4ccc(OC)cc4)C(=O)C32)cc1. The molecule has 3 heterocycles. The summed E-state index contributed by atoms with van der Waals surface area (Å²) in [5.41, 5.74) is 1.43.